The van der Waals surface area contributed by atoms with Crippen LogP contribution >= 0.6 is 11.3 Å². The summed E-state index contributed by atoms with van der Waals surface area (Å²) in [5, 5.41) is 2.61. The van der Waals surface area contributed by atoms with Crippen LogP contribution in [-0.4, -0.2) is 13.4 Å². The molecule has 0 amide bonds. The van der Waals surface area contributed by atoms with E-state index in [9.17, 15) is 8.42 Å². The smallest absolute Gasteiger partial charge is 0.241 e. The van der Waals surface area contributed by atoms with Crippen LogP contribution in [0.25, 0.3) is 0 Å². The predicted molar refractivity (Wildman–Crippen MR) is 84.5 cm³/mol. The fourth-order valence-corrected chi connectivity index (χ4v) is 4.05. The third-order valence-electron chi connectivity index (χ3n) is 3.17. The largest absolute Gasteiger partial charge is 0.324 e. The van der Waals surface area contributed by atoms with E-state index in [1.807, 2.05) is 19.2 Å². The van der Waals surface area contributed by atoms with E-state index in [2.05, 4.69) is 9.71 Å². The van der Waals surface area contributed by atoms with Crippen molar-refractivity contribution in [1.82, 2.24) is 9.71 Å². The van der Waals surface area contributed by atoms with Crippen LogP contribution in [0.3, 0.4) is 0 Å². The molecule has 1 aromatic carbocycles. The summed E-state index contributed by atoms with van der Waals surface area (Å²) in [5.41, 5.74) is 6.67. The van der Waals surface area contributed by atoms with Crippen molar-refractivity contribution in [3.05, 3.63) is 46.4 Å². The number of hydrogen-bond acceptors (Lipinski definition) is 5. The molecule has 0 saturated heterocycles. The van der Waals surface area contributed by atoms with Gasteiger partial charge in [-0.2, -0.15) is 0 Å². The molecule has 0 aliphatic carbocycles. The lowest BCUT2D eigenvalue weighted by Gasteiger charge is -2.15. The average molecular weight is 325 g/mol. The number of nitrogens with zero attached hydrogens (tertiary/aromatic N) is 1. The molecule has 2 unspecified atom stereocenters. The van der Waals surface area contributed by atoms with Gasteiger partial charge in [0.15, 0.2) is 0 Å². The van der Waals surface area contributed by atoms with Crippen LogP contribution in [0.5, 0.6) is 0 Å². The number of nitrogens with one attached hydrogen (secondary N) is 1. The van der Waals surface area contributed by atoms with Gasteiger partial charge in [0.2, 0.25) is 10.0 Å². The zero-order valence-corrected chi connectivity index (χ0v) is 13.6. The maximum atomic E-state index is 12.4. The second kappa shape index (κ2) is 6.65. The van der Waals surface area contributed by atoms with Crippen molar-refractivity contribution in [2.75, 3.05) is 0 Å². The average Bonchev–Trinajstić information content (AvgIpc) is 2.99. The van der Waals surface area contributed by atoms with E-state index < -0.39 is 10.0 Å². The Morgan fingerprint density at radius 2 is 2.00 bits per heavy atom. The lowest BCUT2D eigenvalue weighted by molar-refractivity contribution is 0.549. The van der Waals surface area contributed by atoms with Gasteiger partial charge in [-0.15, -0.1) is 11.3 Å². The number of aromatic nitrogens is 1. The van der Waals surface area contributed by atoms with Gasteiger partial charge in [-0.1, -0.05) is 19.1 Å². The highest BCUT2D eigenvalue weighted by Crippen LogP contribution is 2.22. The maximum Gasteiger partial charge on any atom is 0.241 e. The first-order chi connectivity index (χ1) is 9.94. The summed E-state index contributed by atoms with van der Waals surface area (Å²) in [5.74, 6) is 0. The van der Waals surface area contributed by atoms with E-state index >= 15 is 0 Å². The molecule has 1 heterocycles. The van der Waals surface area contributed by atoms with E-state index in [-0.39, 0.29) is 17.0 Å². The Balaban J connectivity index is 2.21. The maximum absolute atomic E-state index is 12.4. The quantitative estimate of drug-likeness (QED) is 0.855. The second-order valence-electron chi connectivity index (χ2n) is 4.81. The molecule has 0 radical (unpaired) electrons. The lowest BCUT2D eigenvalue weighted by atomic mass is 10.1. The molecule has 114 valence electrons. The third kappa shape index (κ3) is 3.88. The minimum Gasteiger partial charge on any atom is -0.324 e. The molecule has 2 atom stereocenters. The Morgan fingerprint density at radius 3 is 2.48 bits per heavy atom. The van der Waals surface area contributed by atoms with Crippen LogP contribution in [-0.2, 0) is 10.0 Å². The molecule has 3 N–H and O–H groups in total. The van der Waals surface area contributed by atoms with E-state index in [0.29, 0.717) is 6.42 Å². The second-order valence-corrected chi connectivity index (χ2v) is 7.45. The molecule has 0 fully saturated rings. The molecule has 2 aromatic rings. The summed E-state index contributed by atoms with van der Waals surface area (Å²) in [6, 6.07) is 6.22. The van der Waals surface area contributed by atoms with Gasteiger partial charge in [0.1, 0.15) is 5.01 Å². The van der Waals surface area contributed by atoms with E-state index in [1.165, 1.54) is 11.3 Å². The minimum absolute atomic E-state index is 0.117. The number of sulfonamides is 1. The Hall–Kier alpha value is -1.28. The topological polar surface area (TPSA) is 85.1 Å². The van der Waals surface area contributed by atoms with Crippen molar-refractivity contribution in [2.24, 2.45) is 5.73 Å². The van der Waals surface area contributed by atoms with Crippen LogP contribution in [0.2, 0.25) is 0 Å². The van der Waals surface area contributed by atoms with Gasteiger partial charge in [0, 0.05) is 17.6 Å². The summed E-state index contributed by atoms with van der Waals surface area (Å²) in [4.78, 5) is 4.42. The summed E-state index contributed by atoms with van der Waals surface area (Å²) < 4.78 is 27.5. The zero-order chi connectivity index (χ0) is 15.5. The summed E-state index contributed by atoms with van der Waals surface area (Å²) in [6.45, 7) is 3.78. The first-order valence-corrected chi connectivity index (χ1v) is 9.07. The highest BCUT2D eigenvalue weighted by molar-refractivity contribution is 7.89. The summed E-state index contributed by atoms with van der Waals surface area (Å²) in [6.07, 6.45) is 2.32. The molecule has 0 saturated carbocycles. The van der Waals surface area contributed by atoms with Crippen LogP contribution < -0.4 is 10.5 Å². The number of rotatable bonds is 6. The molecular formula is C14H19N3O2S2. The minimum atomic E-state index is -3.56. The van der Waals surface area contributed by atoms with E-state index in [1.54, 1.807) is 30.5 Å². The van der Waals surface area contributed by atoms with Gasteiger partial charge in [-0.25, -0.2) is 18.1 Å². The summed E-state index contributed by atoms with van der Waals surface area (Å²) >= 11 is 1.44. The highest BCUT2D eigenvalue weighted by Gasteiger charge is 2.21. The molecule has 2 rings (SSSR count). The highest BCUT2D eigenvalue weighted by atomic mass is 32.2. The standard InChI is InChI=1S/C14H19N3O2S2/c1-3-13(14-16-8-9-20-14)17-21(18,19)12-6-4-11(5-7-12)10(2)15/h4-10,13,17H,3,15H2,1-2H3. The van der Waals surface area contributed by atoms with Crippen molar-refractivity contribution in [3.63, 3.8) is 0 Å². The first-order valence-electron chi connectivity index (χ1n) is 6.71. The zero-order valence-electron chi connectivity index (χ0n) is 12.0. The first kappa shape index (κ1) is 16.1. The lowest BCUT2D eigenvalue weighted by Crippen LogP contribution is -2.28. The number of nitrogens with two attached hydrogens (primary N) is 1. The molecule has 5 nitrogen and oxygen atoms in total. The number of thiazole rings is 1. The Kier molecular flexibility index (Phi) is 5.10. The predicted octanol–water partition coefficient (Wildman–Crippen LogP) is 2.59. The van der Waals surface area contributed by atoms with Crippen LogP contribution in [0, 0.1) is 0 Å². The summed E-state index contributed by atoms with van der Waals surface area (Å²) in [7, 11) is -3.56. The van der Waals surface area contributed by atoms with Crippen molar-refractivity contribution in [2.45, 2.75) is 37.2 Å². The fraction of sp³-hybridized carbons (Fsp3) is 0.357. The van der Waals surface area contributed by atoms with Crippen molar-refractivity contribution >= 4 is 21.4 Å². The molecular weight excluding hydrogens is 306 g/mol. The van der Waals surface area contributed by atoms with Gasteiger partial charge in [-0.3, -0.25) is 0 Å². The Labute approximate surface area is 129 Å². The molecule has 0 aliphatic rings. The van der Waals surface area contributed by atoms with Crippen molar-refractivity contribution in [1.29, 1.82) is 0 Å². The fourth-order valence-electron chi connectivity index (χ4n) is 1.92. The van der Waals surface area contributed by atoms with Crippen molar-refractivity contribution in [3.8, 4) is 0 Å². The van der Waals surface area contributed by atoms with Crippen LogP contribution in [0.1, 0.15) is 42.9 Å². The van der Waals surface area contributed by atoms with Gasteiger partial charge < -0.3 is 5.73 Å². The molecule has 0 spiro atoms. The molecule has 0 bridgehead atoms. The van der Waals surface area contributed by atoms with Gasteiger partial charge in [-0.05, 0) is 31.0 Å². The van der Waals surface area contributed by atoms with Gasteiger partial charge >= 0.3 is 0 Å². The normalized spacial score (nSPS) is 14.8. The van der Waals surface area contributed by atoms with Crippen LogP contribution in [0.4, 0.5) is 0 Å². The SMILES string of the molecule is CCC(NS(=O)(=O)c1ccc(C(C)N)cc1)c1nccs1. The molecule has 0 aliphatic heterocycles. The Bertz CT molecular complexity index is 665. The number of benzene rings is 1. The molecule has 7 heteroatoms. The van der Waals surface area contributed by atoms with E-state index in [4.69, 9.17) is 5.73 Å². The van der Waals surface area contributed by atoms with Crippen LogP contribution in [0.15, 0.2) is 40.7 Å². The molecule has 1 aromatic heterocycles. The van der Waals surface area contributed by atoms with Crippen molar-refractivity contribution < 1.29 is 8.42 Å². The van der Waals surface area contributed by atoms with Gasteiger partial charge in [0.05, 0.1) is 10.9 Å². The van der Waals surface area contributed by atoms with E-state index in [0.717, 1.165) is 10.6 Å². The monoisotopic (exact) mass is 325 g/mol. The third-order valence-corrected chi connectivity index (χ3v) is 5.55. The van der Waals surface area contributed by atoms with Gasteiger partial charge in [0.25, 0.3) is 0 Å². The Morgan fingerprint density at radius 1 is 1.33 bits per heavy atom. The molecule has 21 heavy (non-hydrogen) atoms. The number of hydrogen-bond donors (Lipinski definition) is 2.